The van der Waals surface area contributed by atoms with Crippen molar-refractivity contribution in [3.05, 3.63) is 28.2 Å². The lowest BCUT2D eigenvalue weighted by Gasteiger charge is -2.35. The van der Waals surface area contributed by atoms with E-state index >= 15 is 0 Å². The van der Waals surface area contributed by atoms with Crippen LogP contribution in [0.25, 0.3) is 0 Å². The number of carbonyl (C=O) groups is 1. The molecule has 0 amide bonds. The summed E-state index contributed by atoms with van der Waals surface area (Å²) in [5.74, 6) is -0.157. The van der Waals surface area contributed by atoms with Gasteiger partial charge in [-0.05, 0) is 25.1 Å². The molecule has 0 atom stereocenters. The Balaban J connectivity index is 1.87. The zero-order valence-corrected chi connectivity index (χ0v) is 13.0. The van der Waals surface area contributed by atoms with E-state index in [-0.39, 0.29) is 5.97 Å². The van der Waals surface area contributed by atoms with Gasteiger partial charge in [-0.1, -0.05) is 23.2 Å². The Morgan fingerprint density at radius 1 is 1.20 bits per heavy atom. The molecule has 0 spiro atoms. The Morgan fingerprint density at radius 2 is 1.90 bits per heavy atom. The van der Waals surface area contributed by atoms with Crippen LogP contribution in [0.15, 0.2) is 18.2 Å². The predicted molar refractivity (Wildman–Crippen MR) is 81.7 cm³/mol. The molecular formula is C14H18Cl2N2O2. The van der Waals surface area contributed by atoms with Crippen LogP contribution in [-0.2, 0) is 9.53 Å². The van der Waals surface area contributed by atoms with Gasteiger partial charge in [-0.15, -0.1) is 0 Å². The van der Waals surface area contributed by atoms with Gasteiger partial charge in [0.2, 0.25) is 0 Å². The number of hydrogen-bond donors (Lipinski definition) is 0. The van der Waals surface area contributed by atoms with Gasteiger partial charge in [0.1, 0.15) is 0 Å². The molecule has 0 N–H and O–H groups in total. The van der Waals surface area contributed by atoms with Crippen molar-refractivity contribution in [2.75, 3.05) is 44.2 Å². The van der Waals surface area contributed by atoms with Gasteiger partial charge in [0.25, 0.3) is 0 Å². The van der Waals surface area contributed by atoms with E-state index in [0.717, 1.165) is 31.9 Å². The van der Waals surface area contributed by atoms with E-state index < -0.39 is 0 Å². The molecule has 0 saturated carbocycles. The quantitative estimate of drug-likeness (QED) is 0.800. The molecule has 6 heteroatoms. The summed E-state index contributed by atoms with van der Waals surface area (Å²) in [6.45, 7) is 6.00. The molecule has 1 heterocycles. The molecule has 0 bridgehead atoms. The highest BCUT2D eigenvalue weighted by molar-refractivity contribution is 6.42. The van der Waals surface area contributed by atoms with Gasteiger partial charge in [-0.2, -0.15) is 0 Å². The molecule has 1 aliphatic rings. The van der Waals surface area contributed by atoms with Crippen molar-refractivity contribution in [2.24, 2.45) is 0 Å². The van der Waals surface area contributed by atoms with E-state index in [0.29, 0.717) is 23.2 Å². The minimum Gasteiger partial charge on any atom is -0.465 e. The van der Waals surface area contributed by atoms with Crippen LogP contribution in [0.4, 0.5) is 5.69 Å². The highest BCUT2D eigenvalue weighted by Crippen LogP contribution is 2.27. The molecule has 1 aromatic carbocycles. The maximum absolute atomic E-state index is 11.4. The number of anilines is 1. The minimum atomic E-state index is -0.157. The van der Waals surface area contributed by atoms with Crippen LogP contribution in [0.1, 0.15) is 6.92 Å². The van der Waals surface area contributed by atoms with E-state index in [4.69, 9.17) is 27.9 Å². The SMILES string of the molecule is CCOC(=O)CN1CCN(c2ccc(Cl)c(Cl)c2)CC1. The molecule has 1 fully saturated rings. The Morgan fingerprint density at radius 3 is 2.50 bits per heavy atom. The smallest absolute Gasteiger partial charge is 0.320 e. The number of esters is 1. The molecule has 1 saturated heterocycles. The monoisotopic (exact) mass is 316 g/mol. The lowest BCUT2D eigenvalue weighted by Crippen LogP contribution is -2.48. The van der Waals surface area contributed by atoms with E-state index in [1.807, 2.05) is 25.1 Å². The van der Waals surface area contributed by atoms with Crippen LogP contribution in [0.3, 0.4) is 0 Å². The van der Waals surface area contributed by atoms with Gasteiger partial charge in [0.15, 0.2) is 0 Å². The van der Waals surface area contributed by atoms with Crippen molar-refractivity contribution < 1.29 is 9.53 Å². The maximum atomic E-state index is 11.4. The molecule has 0 unspecified atom stereocenters. The molecule has 0 radical (unpaired) electrons. The number of benzene rings is 1. The second-order valence-electron chi connectivity index (χ2n) is 4.67. The largest absolute Gasteiger partial charge is 0.465 e. The molecule has 20 heavy (non-hydrogen) atoms. The number of nitrogens with zero attached hydrogens (tertiary/aromatic N) is 2. The fraction of sp³-hybridized carbons (Fsp3) is 0.500. The summed E-state index contributed by atoms with van der Waals surface area (Å²) in [5, 5.41) is 1.13. The van der Waals surface area contributed by atoms with E-state index in [2.05, 4.69) is 9.80 Å². The number of carbonyl (C=O) groups excluding carboxylic acids is 1. The van der Waals surface area contributed by atoms with Crippen LogP contribution < -0.4 is 4.90 Å². The number of piperazine rings is 1. The van der Waals surface area contributed by atoms with Crippen LogP contribution in [0.2, 0.25) is 10.0 Å². The van der Waals surface area contributed by atoms with Crippen LogP contribution in [-0.4, -0.2) is 50.2 Å². The molecule has 1 aliphatic heterocycles. The predicted octanol–water partition coefficient (Wildman–Crippen LogP) is 2.68. The molecule has 4 nitrogen and oxygen atoms in total. The summed E-state index contributed by atoms with van der Waals surface area (Å²) >= 11 is 12.0. The third-order valence-electron chi connectivity index (χ3n) is 3.30. The van der Waals surface area contributed by atoms with Gasteiger partial charge >= 0.3 is 5.97 Å². The van der Waals surface area contributed by atoms with Crippen molar-refractivity contribution in [3.63, 3.8) is 0 Å². The Bertz CT molecular complexity index is 474. The lowest BCUT2D eigenvalue weighted by molar-refractivity contribution is -0.144. The summed E-state index contributed by atoms with van der Waals surface area (Å²) in [7, 11) is 0. The molecule has 0 aromatic heterocycles. The number of hydrogen-bond acceptors (Lipinski definition) is 4. The summed E-state index contributed by atoms with van der Waals surface area (Å²) in [5.41, 5.74) is 1.06. The van der Waals surface area contributed by atoms with Crippen molar-refractivity contribution in [1.29, 1.82) is 0 Å². The third kappa shape index (κ3) is 4.01. The molecule has 0 aliphatic carbocycles. The zero-order chi connectivity index (χ0) is 14.5. The highest BCUT2D eigenvalue weighted by Gasteiger charge is 2.19. The molecule has 2 rings (SSSR count). The van der Waals surface area contributed by atoms with Crippen molar-refractivity contribution in [1.82, 2.24) is 4.90 Å². The second-order valence-corrected chi connectivity index (χ2v) is 5.48. The van der Waals surface area contributed by atoms with Gasteiger partial charge in [-0.3, -0.25) is 9.69 Å². The van der Waals surface area contributed by atoms with Crippen molar-refractivity contribution >= 4 is 34.9 Å². The van der Waals surface area contributed by atoms with E-state index in [9.17, 15) is 4.79 Å². The standard InChI is InChI=1S/C14H18Cl2N2O2/c1-2-20-14(19)10-17-5-7-18(8-6-17)11-3-4-12(15)13(16)9-11/h3-4,9H,2,5-8,10H2,1H3. The van der Waals surface area contributed by atoms with Crippen LogP contribution >= 0.6 is 23.2 Å². The van der Waals surface area contributed by atoms with Crippen LogP contribution in [0.5, 0.6) is 0 Å². The average Bonchev–Trinajstić information content (AvgIpc) is 2.43. The lowest BCUT2D eigenvalue weighted by atomic mass is 10.2. The molecule has 110 valence electrons. The fourth-order valence-corrected chi connectivity index (χ4v) is 2.53. The number of rotatable bonds is 4. The fourth-order valence-electron chi connectivity index (χ4n) is 2.24. The number of halogens is 2. The number of ether oxygens (including phenoxy) is 1. The average molecular weight is 317 g/mol. The topological polar surface area (TPSA) is 32.8 Å². The minimum absolute atomic E-state index is 0.157. The molecular weight excluding hydrogens is 299 g/mol. The van der Waals surface area contributed by atoms with Crippen molar-refractivity contribution in [2.45, 2.75) is 6.92 Å². The maximum Gasteiger partial charge on any atom is 0.320 e. The van der Waals surface area contributed by atoms with E-state index in [1.54, 1.807) is 0 Å². The Labute approximate surface area is 129 Å². The molecule has 1 aromatic rings. The zero-order valence-electron chi connectivity index (χ0n) is 11.4. The van der Waals surface area contributed by atoms with Gasteiger partial charge in [0, 0.05) is 31.9 Å². The Hall–Kier alpha value is -0.970. The first-order valence-corrected chi connectivity index (χ1v) is 7.43. The summed E-state index contributed by atoms with van der Waals surface area (Å²) in [4.78, 5) is 15.8. The summed E-state index contributed by atoms with van der Waals surface area (Å²) in [6, 6.07) is 5.66. The first kappa shape index (κ1) is 15.4. The van der Waals surface area contributed by atoms with Crippen molar-refractivity contribution in [3.8, 4) is 0 Å². The highest BCUT2D eigenvalue weighted by atomic mass is 35.5. The van der Waals surface area contributed by atoms with Gasteiger partial charge in [-0.25, -0.2) is 0 Å². The van der Waals surface area contributed by atoms with Crippen LogP contribution in [0, 0.1) is 0 Å². The first-order chi connectivity index (χ1) is 9.60. The second kappa shape index (κ2) is 7.16. The first-order valence-electron chi connectivity index (χ1n) is 6.68. The third-order valence-corrected chi connectivity index (χ3v) is 4.04. The summed E-state index contributed by atoms with van der Waals surface area (Å²) < 4.78 is 4.96. The van der Waals surface area contributed by atoms with Gasteiger partial charge in [0.05, 0.1) is 23.2 Å². The van der Waals surface area contributed by atoms with Gasteiger partial charge < -0.3 is 9.64 Å². The summed E-state index contributed by atoms with van der Waals surface area (Å²) in [6.07, 6.45) is 0. The Kier molecular flexibility index (Phi) is 5.52. The normalized spacial score (nSPS) is 16.2. The van der Waals surface area contributed by atoms with E-state index in [1.165, 1.54) is 0 Å².